The molecule has 0 radical (unpaired) electrons. The zero-order chi connectivity index (χ0) is 15.4. The lowest BCUT2D eigenvalue weighted by Gasteiger charge is -2.14. The molecule has 3 aromatic rings. The van der Waals surface area contributed by atoms with E-state index in [1.165, 1.54) is 0 Å². The lowest BCUT2D eigenvalue weighted by Crippen LogP contribution is -2.15. The molecule has 4 nitrogen and oxygen atoms in total. The first-order valence-corrected chi connectivity index (χ1v) is 7.61. The first-order chi connectivity index (χ1) is 10.7. The molecule has 114 valence electrons. The fourth-order valence-corrected chi connectivity index (χ4v) is 2.42. The fourth-order valence-electron chi connectivity index (χ4n) is 2.42. The SMILES string of the molecule is CC(C)Oc1ccccc1CNCc1nc2ccccc2[nH]1. The first-order valence-electron chi connectivity index (χ1n) is 7.61. The maximum Gasteiger partial charge on any atom is 0.124 e. The van der Waals surface area contributed by atoms with E-state index in [4.69, 9.17) is 4.74 Å². The predicted molar refractivity (Wildman–Crippen MR) is 88.8 cm³/mol. The summed E-state index contributed by atoms with van der Waals surface area (Å²) in [5, 5.41) is 3.42. The number of aromatic amines is 1. The molecule has 22 heavy (non-hydrogen) atoms. The highest BCUT2D eigenvalue weighted by Gasteiger charge is 2.06. The Morgan fingerprint density at radius 1 is 1.05 bits per heavy atom. The van der Waals surface area contributed by atoms with E-state index in [1.54, 1.807) is 0 Å². The summed E-state index contributed by atoms with van der Waals surface area (Å²) in [6.45, 7) is 5.53. The van der Waals surface area contributed by atoms with Crippen molar-refractivity contribution in [1.82, 2.24) is 15.3 Å². The van der Waals surface area contributed by atoms with E-state index < -0.39 is 0 Å². The second-order valence-electron chi connectivity index (χ2n) is 5.58. The molecule has 0 spiro atoms. The maximum absolute atomic E-state index is 5.83. The van der Waals surface area contributed by atoms with Gasteiger partial charge < -0.3 is 15.0 Å². The number of para-hydroxylation sites is 3. The van der Waals surface area contributed by atoms with Crippen LogP contribution in [-0.2, 0) is 13.1 Å². The van der Waals surface area contributed by atoms with Gasteiger partial charge in [0.2, 0.25) is 0 Å². The van der Waals surface area contributed by atoms with Crippen LogP contribution < -0.4 is 10.1 Å². The lowest BCUT2D eigenvalue weighted by molar-refractivity contribution is 0.239. The molecule has 0 unspecified atom stereocenters. The Balaban J connectivity index is 1.63. The van der Waals surface area contributed by atoms with Crippen LogP contribution in [0.2, 0.25) is 0 Å². The van der Waals surface area contributed by atoms with Gasteiger partial charge in [-0.2, -0.15) is 0 Å². The van der Waals surface area contributed by atoms with E-state index >= 15 is 0 Å². The molecule has 0 aliphatic heterocycles. The Hall–Kier alpha value is -2.33. The molecule has 0 saturated heterocycles. The number of rotatable bonds is 6. The third-order valence-corrected chi connectivity index (χ3v) is 3.38. The van der Waals surface area contributed by atoms with Crippen molar-refractivity contribution >= 4 is 11.0 Å². The first kappa shape index (κ1) is 14.6. The van der Waals surface area contributed by atoms with Gasteiger partial charge in [0, 0.05) is 12.1 Å². The van der Waals surface area contributed by atoms with Crippen LogP contribution in [0.4, 0.5) is 0 Å². The van der Waals surface area contributed by atoms with Gasteiger partial charge in [0.15, 0.2) is 0 Å². The molecule has 0 atom stereocenters. The molecule has 0 fully saturated rings. The quantitative estimate of drug-likeness (QED) is 0.730. The molecule has 2 N–H and O–H groups in total. The Bertz CT molecular complexity index is 716. The average Bonchev–Trinajstić information content (AvgIpc) is 2.91. The molecular weight excluding hydrogens is 274 g/mol. The number of H-pyrrole nitrogens is 1. The molecule has 4 heteroatoms. The summed E-state index contributed by atoms with van der Waals surface area (Å²) in [5.41, 5.74) is 3.23. The van der Waals surface area contributed by atoms with Crippen molar-refractivity contribution in [1.29, 1.82) is 0 Å². The average molecular weight is 295 g/mol. The Kier molecular flexibility index (Phi) is 4.39. The monoisotopic (exact) mass is 295 g/mol. The van der Waals surface area contributed by atoms with Gasteiger partial charge in [-0.1, -0.05) is 30.3 Å². The smallest absolute Gasteiger partial charge is 0.124 e. The lowest BCUT2D eigenvalue weighted by atomic mass is 10.2. The number of imidazole rings is 1. The Morgan fingerprint density at radius 3 is 2.64 bits per heavy atom. The van der Waals surface area contributed by atoms with Gasteiger partial charge in [0.25, 0.3) is 0 Å². The van der Waals surface area contributed by atoms with Crippen molar-refractivity contribution in [3.63, 3.8) is 0 Å². The molecular formula is C18H21N3O. The summed E-state index contributed by atoms with van der Waals surface area (Å²) in [4.78, 5) is 7.89. The van der Waals surface area contributed by atoms with Crippen molar-refractivity contribution in [2.75, 3.05) is 0 Å². The van der Waals surface area contributed by atoms with E-state index in [2.05, 4.69) is 21.4 Å². The van der Waals surface area contributed by atoms with Crippen LogP contribution in [0, 0.1) is 0 Å². The molecule has 0 bridgehead atoms. The van der Waals surface area contributed by atoms with E-state index in [0.717, 1.165) is 34.7 Å². The molecule has 0 aliphatic carbocycles. The normalized spacial score (nSPS) is 11.2. The van der Waals surface area contributed by atoms with Gasteiger partial charge in [-0.3, -0.25) is 0 Å². The molecule has 0 saturated carbocycles. The van der Waals surface area contributed by atoms with Crippen molar-refractivity contribution in [2.24, 2.45) is 0 Å². The van der Waals surface area contributed by atoms with Crippen molar-refractivity contribution in [3.05, 3.63) is 59.9 Å². The number of nitrogens with zero attached hydrogens (tertiary/aromatic N) is 1. The molecule has 0 aliphatic rings. The molecule has 2 aromatic carbocycles. The Morgan fingerprint density at radius 2 is 1.82 bits per heavy atom. The van der Waals surface area contributed by atoms with Gasteiger partial charge in [0.1, 0.15) is 11.6 Å². The number of fused-ring (bicyclic) bond motifs is 1. The number of hydrogen-bond acceptors (Lipinski definition) is 3. The van der Waals surface area contributed by atoms with Crippen LogP contribution in [-0.4, -0.2) is 16.1 Å². The highest BCUT2D eigenvalue weighted by Crippen LogP contribution is 2.19. The molecule has 3 rings (SSSR count). The standard InChI is InChI=1S/C18H21N3O/c1-13(2)22-17-10-6-3-7-14(17)11-19-12-18-20-15-8-4-5-9-16(15)21-18/h3-10,13,19H,11-12H2,1-2H3,(H,20,21). The van der Waals surface area contributed by atoms with Crippen LogP contribution in [0.3, 0.4) is 0 Å². The minimum atomic E-state index is 0.177. The summed E-state index contributed by atoms with van der Waals surface area (Å²) in [6, 6.07) is 16.2. The van der Waals surface area contributed by atoms with Crippen LogP contribution in [0.15, 0.2) is 48.5 Å². The molecule has 1 heterocycles. The number of nitrogens with one attached hydrogen (secondary N) is 2. The number of benzene rings is 2. The Labute approximate surface area is 130 Å². The van der Waals surface area contributed by atoms with Crippen molar-refractivity contribution in [2.45, 2.75) is 33.0 Å². The van der Waals surface area contributed by atoms with Gasteiger partial charge >= 0.3 is 0 Å². The van der Waals surface area contributed by atoms with Gasteiger partial charge in [-0.25, -0.2) is 4.98 Å². The summed E-state index contributed by atoms with van der Waals surface area (Å²) in [7, 11) is 0. The summed E-state index contributed by atoms with van der Waals surface area (Å²) >= 11 is 0. The fraction of sp³-hybridized carbons (Fsp3) is 0.278. The van der Waals surface area contributed by atoms with E-state index in [-0.39, 0.29) is 6.10 Å². The van der Waals surface area contributed by atoms with Crippen LogP contribution >= 0.6 is 0 Å². The third-order valence-electron chi connectivity index (χ3n) is 3.38. The van der Waals surface area contributed by atoms with Crippen LogP contribution in [0.1, 0.15) is 25.2 Å². The molecule has 0 amide bonds. The van der Waals surface area contributed by atoms with E-state index in [9.17, 15) is 0 Å². The minimum Gasteiger partial charge on any atom is -0.491 e. The predicted octanol–water partition coefficient (Wildman–Crippen LogP) is 3.64. The van der Waals surface area contributed by atoms with Gasteiger partial charge in [-0.15, -0.1) is 0 Å². The van der Waals surface area contributed by atoms with Gasteiger partial charge in [0.05, 0.1) is 23.7 Å². The van der Waals surface area contributed by atoms with E-state index in [1.807, 2.05) is 56.3 Å². The largest absolute Gasteiger partial charge is 0.491 e. The molecule has 1 aromatic heterocycles. The minimum absolute atomic E-state index is 0.177. The summed E-state index contributed by atoms with van der Waals surface area (Å²) < 4.78 is 5.83. The van der Waals surface area contributed by atoms with Gasteiger partial charge in [-0.05, 0) is 32.0 Å². The summed E-state index contributed by atoms with van der Waals surface area (Å²) in [6.07, 6.45) is 0.177. The highest BCUT2D eigenvalue weighted by molar-refractivity contribution is 5.74. The second-order valence-corrected chi connectivity index (χ2v) is 5.58. The summed E-state index contributed by atoms with van der Waals surface area (Å²) in [5.74, 6) is 1.89. The van der Waals surface area contributed by atoms with Crippen LogP contribution in [0.5, 0.6) is 5.75 Å². The number of hydrogen-bond donors (Lipinski definition) is 2. The maximum atomic E-state index is 5.83. The second kappa shape index (κ2) is 6.62. The highest BCUT2D eigenvalue weighted by atomic mass is 16.5. The van der Waals surface area contributed by atoms with Crippen LogP contribution in [0.25, 0.3) is 11.0 Å². The van der Waals surface area contributed by atoms with Crippen molar-refractivity contribution in [3.8, 4) is 5.75 Å². The number of ether oxygens (including phenoxy) is 1. The van der Waals surface area contributed by atoms with Crippen molar-refractivity contribution < 1.29 is 4.74 Å². The zero-order valence-electron chi connectivity index (χ0n) is 13.0. The van der Waals surface area contributed by atoms with E-state index in [0.29, 0.717) is 6.54 Å². The topological polar surface area (TPSA) is 49.9 Å². The zero-order valence-corrected chi connectivity index (χ0v) is 13.0. The number of aromatic nitrogens is 2. The third kappa shape index (κ3) is 3.46.